The summed E-state index contributed by atoms with van der Waals surface area (Å²) in [6.45, 7) is 2.80. The number of benzene rings is 3. The molecule has 0 radical (unpaired) electrons. The molecule has 0 saturated carbocycles. The molecule has 1 aliphatic rings. The van der Waals surface area contributed by atoms with Crippen molar-refractivity contribution in [3.63, 3.8) is 0 Å². The number of sulfonamides is 1. The first-order chi connectivity index (χ1) is 16.3. The smallest absolute Gasteiger partial charge is 0.250 e. The van der Waals surface area contributed by atoms with Crippen LogP contribution < -0.4 is 5.73 Å². The summed E-state index contributed by atoms with van der Waals surface area (Å²) >= 11 is 0. The van der Waals surface area contributed by atoms with Crippen molar-refractivity contribution in [2.75, 3.05) is 13.1 Å². The van der Waals surface area contributed by atoms with E-state index in [9.17, 15) is 13.2 Å². The Morgan fingerprint density at radius 3 is 2.38 bits per heavy atom. The quantitative estimate of drug-likeness (QED) is 0.435. The number of primary amides is 1. The second-order valence-electron chi connectivity index (χ2n) is 8.92. The summed E-state index contributed by atoms with van der Waals surface area (Å²) in [6.07, 6.45) is 3.36. The second kappa shape index (κ2) is 8.74. The summed E-state index contributed by atoms with van der Waals surface area (Å²) in [4.78, 5) is 15.8. The predicted molar refractivity (Wildman–Crippen MR) is 134 cm³/mol. The SMILES string of the molecule is Cc1cccc(S(=O)(=O)N2CCC(c3c[nH]c4c(C(N)=O)cc(-c5ccccc5)cc34)CC2)c1. The van der Waals surface area contributed by atoms with E-state index in [1.165, 1.54) is 0 Å². The summed E-state index contributed by atoms with van der Waals surface area (Å²) in [6, 6.07) is 20.9. The molecule has 1 saturated heterocycles. The van der Waals surface area contributed by atoms with Crippen molar-refractivity contribution in [3.05, 3.63) is 89.6 Å². The molecule has 0 unspecified atom stereocenters. The average molecular weight is 474 g/mol. The molecule has 0 aliphatic carbocycles. The van der Waals surface area contributed by atoms with Crippen molar-refractivity contribution in [3.8, 4) is 11.1 Å². The first-order valence-electron chi connectivity index (χ1n) is 11.4. The van der Waals surface area contributed by atoms with E-state index in [1.54, 1.807) is 22.5 Å². The molecule has 0 spiro atoms. The Morgan fingerprint density at radius 2 is 1.71 bits per heavy atom. The van der Waals surface area contributed by atoms with Gasteiger partial charge in [0.15, 0.2) is 0 Å². The number of H-pyrrole nitrogens is 1. The number of amides is 1. The number of fused-ring (bicyclic) bond motifs is 1. The number of hydrogen-bond acceptors (Lipinski definition) is 3. The Kier molecular flexibility index (Phi) is 5.75. The minimum atomic E-state index is -3.52. The van der Waals surface area contributed by atoms with Crippen LogP contribution in [0.15, 0.2) is 77.8 Å². The predicted octanol–water partition coefficient (Wildman–Crippen LogP) is 4.81. The van der Waals surface area contributed by atoms with Gasteiger partial charge in [-0.2, -0.15) is 4.31 Å². The zero-order chi connectivity index (χ0) is 23.9. The molecule has 6 nitrogen and oxygen atoms in total. The summed E-state index contributed by atoms with van der Waals surface area (Å²) in [5.41, 5.74) is 10.9. The fraction of sp³-hybridized carbons (Fsp3) is 0.222. The van der Waals surface area contributed by atoms with Crippen LogP contribution in [0, 0.1) is 6.92 Å². The number of nitrogens with zero attached hydrogens (tertiary/aromatic N) is 1. The van der Waals surface area contributed by atoms with Gasteiger partial charge in [0.25, 0.3) is 5.91 Å². The molecule has 174 valence electrons. The number of aromatic nitrogens is 1. The fourth-order valence-corrected chi connectivity index (χ4v) is 6.49. The van der Waals surface area contributed by atoms with E-state index < -0.39 is 15.9 Å². The molecular formula is C27H27N3O3S. The molecule has 2 heterocycles. The number of aryl methyl sites for hydroxylation is 1. The van der Waals surface area contributed by atoms with E-state index in [4.69, 9.17) is 5.73 Å². The first kappa shape index (κ1) is 22.4. The Morgan fingerprint density at radius 1 is 0.971 bits per heavy atom. The summed E-state index contributed by atoms with van der Waals surface area (Å²) in [5.74, 6) is -0.292. The molecule has 0 atom stereocenters. The normalized spacial score (nSPS) is 15.6. The van der Waals surface area contributed by atoms with E-state index in [0.29, 0.717) is 36.4 Å². The lowest BCUT2D eigenvalue weighted by atomic mass is 9.88. The molecule has 7 heteroatoms. The van der Waals surface area contributed by atoms with Crippen LogP contribution in [0.5, 0.6) is 0 Å². The number of hydrogen-bond donors (Lipinski definition) is 2. The van der Waals surface area contributed by atoms with Crippen molar-refractivity contribution >= 4 is 26.8 Å². The third-order valence-electron chi connectivity index (χ3n) is 6.72. The standard InChI is InChI=1S/C27H27N3O3S/c1-18-6-5-9-22(14-18)34(32,33)30-12-10-20(11-13-30)25-17-29-26-23(25)15-21(16-24(26)27(28)31)19-7-3-2-4-8-19/h2-9,14-17,20,29H,10-13H2,1H3,(H2,28,31). The summed E-state index contributed by atoms with van der Waals surface area (Å²) in [5, 5.41) is 0.968. The monoisotopic (exact) mass is 473 g/mol. The van der Waals surface area contributed by atoms with Gasteiger partial charge in [0.2, 0.25) is 10.0 Å². The average Bonchev–Trinajstić information content (AvgIpc) is 3.28. The number of carbonyl (C=O) groups is 1. The van der Waals surface area contributed by atoms with E-state index in [-0.39, 0.29) is 5.92 Å². The lowest BCUT2D eigenvalue weighted by molar-refractivity contribution is 0.100. The minimum absolute atomic E-state index is 0.185. The van der Waals surface area contributed by atoms with E-state index in [2.05, 4.69) is 11.1 Å². The highest BCUT2D eigenvalue weighted by atomic mass is 32.2. The van der Waals surface area contributed by atoms with Gasteiger partial charge in [0.1, 0.15) is 0 Å². The first-order valence-corrected chi connectivity index (χ1v) is 12.9. The lowest BCUT2D eigenvalue weighted by Crippen LogP contribution is -2.37. The Hall–Kier alpha value is -3.42. The second-order valence-corrected chi connectivity index (χ2v) is 10.9. The largest absolute Gasteiger partial charge is 0.366 e. The van der Waals surface area contributed by atoms with Gasteiger partial charge < -0.3 is 10.7 Å². The molecule has 1 aliphatic heterocycles. The number of nitrogens with two attached hydrogens (primary N) is 1. The highest BCUT2D eigenvalue weighted by Crippen LogP contribution is 2.37. The third kappa shape index (κ3) is 4.02. The highest BCUT2D eigenvalue weighted by molar-refractivity contribution is 7.89. The topological polar surface area (TPSA) is 96.3 Å². The molecule has 1 amide bonds. The van der Waals surface area contributed by atoms with Gasteiger partial charge in [-0.05, 0) is 72.2 Å². The number of aromatic amines is 1. The lowest BCUT2D eigenvalue weighted by Gasteiger charge is -2.31. The van der Waals surface area contributed by atoms with Gasteiger partial charge >= 0.3 is 0 Å². The van der Waals surface area contributed by atoms with Crippen LogP contribution in [0.1, 0.15) is 40.2 Å². The van der Waals surface area contributed by atoms with Crippen LogP contribution in [0.2, 0.25) is 0 Å². The van der Waals surface area contributed by atoms with E-state index in [1.807, 2.05) is 55.6 Å². The van der Waals surface area contributed by atoms with Gasteiger partial charge in [0, 0.05) is 24.7 Å². The van der Waals surface area contributed by atoms with Gasteiger partial charge in [0.05, 0.1) is 16.0 Å². The Bertz CT molecular complexity index is 1470. The minimum Gasteiger partial charge on any atom is -0.366 e. The number of carbonyl (C=O) groups excluding carboxylic acids is 1. The van der Waals surface area contributed by atoms with E-state index in [0.717, 1.165) is 33.2 Å². The van der Waals surface area contributed by atoms with Crippen LogP contribution >= 0.6 is 0 Å². The van der Waals surface area contributed by atoms with Crippen molar-refractivity contribution in [2.45, 2.75) is 30.6 Å². The highest BCUT2D eigenvalue weighted by Gasteiger charge is 2.31. The molecule has 1 aromatic heterocycles. The van der Waals surface area contributed by atoms with Gasteiger partial charge in [-0.3, -0.25) is 4.79 Å². The molecular weight excluding hydrogens is 446 g/mol. The van der Waals surface area contributed by atoms with E-state index >= 15 is 0 Å². The maximum Gasteiger partial charge on any atom is 0.250 e. The molecule has 0 bridgehead atoms. The fourth-order valence-electron chi connectivity index (χ4n) is 4.91. The number of rotatable bonds is 5. The van der Waals surface area contributed by atoms with Crippen molar-refractivity contribution < 1.29 is 13.2 Å². The summed E-state index contributed by atoms with van der Waals surface area (Å²) in [7, 11) is -3.52. The van der Waals surface area contributed by atoms with Crippen LogP contribution in [-0.2, 0) is 10.0 Å². The van der Waals surface area contributed by atoms with Gasteiger partial charge in [-0.1, -0.05) is 42.5 Å². The van der Waals surface area contributed by atoms with Crippen LogP contribution in [0.3, 0.4) is 0 Å². The molecule has 4 aromatic rings. The molecule has 3 aromatic carbocycles. The Balaban J connectivity index is 1.46. The van der Waals surface area contributed by atoms with Crippen LogP contribution in [-0.4, -0.2) is 36.7 Å². The van der Waals surface area contributed by atoms with Crippen LogP contribution in [0.25, 0.3) is 22.0 Å². The molecule has 1 fully saturated rings. The van der Waals surface area contributed by atoms with Crippen molar-refractivity contribution in [1.29, 1.82) is 0 Å². The maximum atomic E-state index is 13.1. The maximum absolute atomic E-state index is 13.1. The van der Waals surface area contributed by atoms with Gasteiger partial charge in [-0.25, -0.2) is 8.42 Å². The zero-order valence-corrected chi connectivity index (χ0v) is 19.8. The Labute approximate surface area is 199 Å². The molecule has 5 rings (SSSR count). The zero-order valence-electron chi connectivity index (χ0n) is 19.0. The van der Waals surface area contributed by atoms with Crippen molar-refractivity contribution in [1.82, 2.24) is 9.29 Å². The van der Waals surface area contributed by atoms with Crippen molar-refractivity contribution in [2.24, 2.45) is 5.73 Å². The van der Waals surface area contributed by atoms with Gasteiger partial charge in [-0.15, -0.1) is 0 Å². The molecule has 3 N–H and O–H groups in total. The van der Waals surface area contributed by atoms with Crippen LogP contribution in [0.4, 0.5) is 0 Å². The molecule has 34 heavy (non-hydrogen) atoms. The summed E-state index contributed by atoms with van der Waals surface area (Å²) < 4.78 is 27.8. The number of nitrogens with one attached hydrogen (secondary N) is 1. The number of piperidine rings is 1. The third-order valence-corrected chi connectivity index (χ3v) is 8.61.